The molecule has 3 rings (SSSR count). The Hall–Kier alpha value is -2.44. The Labute approximate surface area is 154 Å². The van der Waals surface area contributed by atoms with E-state index in [-0.39, 0.29) is 24.0 Å². The standard InChI is InChI=1S/C19H28N4O3/c1-13(2)23-11-9-15(18(23)24)21-19(25)20-14-8-10-22(12-14)16-6-4-5-7-17(16)26-3/h4-7,13-15H,8-12H2,1-3H3,(H2,20,21,25). The van der Waals surface area contributed by atoms with Gasteiger partial charge in [0, 0.05) is 31.7 Å². The number of ether oxygens (including phenoxy) is 1. The summed E-state index contributed by atoms with van der Waals surface area (Å²) in [5.41, 5.74) is 1.04. The van der Waals surface area contributed by atoms with E-state index >= 15 is 0 Å². The molecule has 0 radical (unpaired) electrons. The van der Waals surface area contributed by atoms with Crippen molar-refractivity contribution < 1.29 is 14.3 Å². The Kier molecular flexibility index (Phi) is 5.54. The summed E-state index contributed by atoms with van der Waals surface area (Å²) in [4.78, 5) is 28.6. The first kappa shape index (κ1) is 18.4. The third kappa shape index (κ3) is 3.86. The Bertz CT molecular complexity index is 664. The Morgan fingerprint density at radius 2 is 1.96 bits per heavy atom. The van der Waals surface area contributed by atoms with Crippen molar-refractivity contribution in [2.45, 2.75) is 44.8 Å². The fourth-order valence-electron chi connectivity index (χ4n) is 3.72. The third-order valence-corrected chi connectivity index (χ3v) is 5.12. The molecule has 2 aliphatic rings. The van der Waals surface area contributed by atoms with Crippen molar-refractivity contribution in [1.29, 1.82) is 0 Å². The molecule has 0 bridgehead atoms. The van der Waals surface area contributed by atoms with E-state index in [1.165, 1.54) is 0 Å². The molecule has 26 heavy (non-hydrogen) atoms. The Morgan fingerprint density at radius 3 is 2.65 bits per heavy atom. The van der Waals surface area contributed by atoms with Gasteiger partial charge in [0.05, 0.1) is 12.8 Å². The molecule has 2 atom stereocenters. The number of likely N-dealkylation sites (tertiary alicyclic amines) is 1. The van der Waals surface area contributed by atoms with Crippen LogP contribution in [0.1, 0.15) is 26.7 Å². The zero-order chi connectivity index (χ0) is 18.7. The summed E-state index contributed by atoms with van der Waals surface area (Å²) in [6.45, 7) is 6.27. The van der Waals surface area contributed by atoms with Crippen LogP contribution in [0.2, 0.25) is 0 Å². The number of anilines is 1. The number of nitrogens with one attached hydrogen (secondary N) is 2. The van der Waals surface area contributed by atoms with Crippen LogP contribution < -0.4 is 20.3 Å². The lowest BCUT2D eigenvalue weighted by Gasteiger charge is -2.22. The molecule has 0 aliphatic carbocycles. The number of nitrogens with zero attached hydrogens (tertiary/aromatic N) is 2. The van der Waals surface area contributed by atoms with Crippen LogP contribution in [0.3, 0.4) is 0 Å². The number of para-hydroxylation sites is 2. The van der Waals surface area contributed by atoms with Gasteiger partial charge in [-0.15, -0.1) is 0 Å². The average Bonchev–Trinajstić information content (AvgIpc) is 3.22. The summed E-state index contributed by atoms with van der Waals surface area (Å²) in [5.74, 6) is 0.847. The number of methoxy groups -OCH3 is 1. The molecule has 2 heterocycles. The van der Waals surface area contributed by atoms with E-state index in [0.29, 0.717) is 13.0 Å². The average molecular weight is 360 g/mol. The monoisotopic (exact) mass is 360 g/mol. The highest BCUT2D eigenvalue weighted by Gasteiger charge is 2.34. The van der Waals surface area contributed by atoms with Gasteiger partial charge in [-0.05, 0) is 38.8 Å². The molecule has 2 fully saturated rings. The van der Waals surface area contributed by atoms with E-state index < -0.39 is 6.04 Å². The highest BCUT2D eigenvalue weighted by Crippen LogP contribution is 2.30. The summed E-state index contributed by atoms with van der Waals surface area (Å²) in [6.07, 6.45) is 1.53. The van der Waals surface area contributed by atoms with Crippen LogP contribution >= 0.6 is 0 Å². The van der Waals surface area contributed by atoms with E-state index in [1.54, 1.807) is 7.11 Å². The maximum absolute atomic E-state index is 12.3. The second kappa shape index (κ2) is 7.85. The molecule has 1 aromatic carbocycles. The molecule has 7 heteroatoms. The van der Waals surface area contributed by atoms with Crippen molar-refractivity contribution in [3.8, 4) is 5.75 Å². The van der Waals surface area contributed by atoms with Gasteiger partial charge in [0.25, 0.3) is 0 Å². The lowest BCUT2D eigenvalue weighted by Crippen LogP contribution is -2.50. The number of rotatable bonds is 5. The quantitative estimate of drug-likeness (QED) is 0.836. The van der Waals surface area contributed by atoms with Crippen molar-refractivity contribution in [2.75, 3.05) is 31.6 Å². The van der Waals surface area contributed by atoms with Crippen LogP contribution in [-0.2, 0) is 4.79 Å². The molecule has 0 saturated carbocycles. The minimum absolute atomic E-state index is 0.0113. The zero-order valence-electron chi connectivity index (χ0n) is 15.7. The van der Waals surface area contributed by atoms with Crippen LogP contribution in [-0.4, -0.2) is 61.7 Å². The minimum Gasteiger partial charge on any atom is -0.495 e. The van der Waals surface area contributed by atoms with Gasteiger partial charge in [0.1, 0.15) is 11.8 Å². The summed E-state index contributed by atoms with van der Waals surface area (Å²) < 4.78 is 5.42. The highest BCUT2D eigenvalue weighted by molar-refractivity contribution is 5.89. The molecule has 2 unspecified atom stereocenters. The lowest BCUT2D eigenvalue weighted by molar-refractivity contribution is -0.130. The number of carbonyl (C=O) groups is 2. The van der Waals surface area contributed by atoms with Crippen LogP contribution in [0.15, 0.2) is 24.3 Å². The number of hydrogen-bond donors (Lipinski definition) is 2. The Morgan fingerprint density at radius 1 is 1.19 bits per heavy atom. The van der Waals surface area contributed by atoms with Crippen molar-refractivity contribution in [3.05, 3.63) is 24.3 Å². The molecule has 3 amide bonds. The highest BCUT2D eigenvalue weighted by atomic mass is 16.5. The van der Waals surface area contributed by atoms with Gasteiger partial charge in [0.2, 0.25) is 5.91 Å². The number of hydrogen-bond acceptors (Lipinski definition) is 4. The number of carbonyl (C=O) groups excluding carboxylic acids is 2. The van der Waals surface area contributed by atoms with Gasteiger partial charge in [-0.2, -0.15) is 0 Å². The molecule has 2 N–H and O–H groups in total. The topological polar surface area (TPSA) is 73.9 Å². The van der Waals surface area contributed by atoms with Crippen LogP contribution in [0.4, 0.5) is 10.5 Å². The van der Waals surface area contributed by atoms with Crippen molar-refractivity contribution in [1.82, 2.24) is 15.5 Å². The van der Waals surface area contributed by atoms with Crippen LogP contribution in [0.25, 0.3) is 0 Å². The van der Waals surface area contributed by atoms with Gasteiger partial charge in [0.15, 0.2) is 0 Å². The molecular formula is C19H28N4O3. The van der Waals surface area contributed by atoms with Gasteiger partial charge in [-0.3, -0.25) is 4.79 Å². The lowest BCUT2D eigenvalue weighted by atomic mass is 10.2. The predicted molar refractivity (Wildman–Crippen MR) is 101 cm³/mol. The van der Waals surface area contributed by atoms with E-state index in [0.717, 1.165) is 30.9 Å². The summed E-state index contributed by atoms with van der Waals surface area (Å²) in [5, 5.41) is 5.84. The molecule has 7 nitrogen and oxygen atoms in total. The first-order valence-corrected chi connectivity index (χ1v) is 9.25. The van der Waals surface area contributed by atoms with Gasteiger partial charge in [-0.25, -0.2) is 4.79 Å². The van der Waals surface area contributed by atoms with Crippen LogP contribution in [0.5, 0.6) is 5.75 Å². The number of amides is 3. The van der Waals surface area contributed by atoms with Gasteiger partial charge in [-0.1, -0.05) is 12.1 Å². The third-order valence-electron chi connectivity index (χ3n) is 5.12. The van der Waals surface area contributed by atoms with E-state index in [4.69, 9.17) is 4.74 Å². The molecule has 0 spiro atoms. The van der Waals surface area contributed by atoms with Crippen molar-refractivity contribution in [3.63, 3.8) is 0 Å². The van der Waals surface area contributed by atoms with Crippen LogP contribution in [0, 0.1) is 0 Å². The minimum atomic E-state index is -0.413. The SMILES string of the molecule is COc1ccccc1N1CCC(NC(=O)NC2CCN(C(C)C)C2=O)C1. The maximum atomic E-state index is 12.3. The van der Waals surface area contributed by atoms with E-state index in [1.807, 2.05) is 43.0 Å². The molecule has 2 saturated heterocycles. The number of benzene rings is 1. The molecule has 2 aliphatic heterocycles. The molecular weight excluding hydrogens is 332 g/mol. The first-order valence-electron chi connectivity index (χ1n) is 9.25. The van der Waals surface area contributed by atoms with Gasteiger partial charge < -0.3 is 25.2 Å². The predicted octanol–water partition coefficient (Wildman–Crippen LogP) is 1.58. The summed E-state index contributed by atoms with van der Waals surface area (Å²) >= 11 is 0. The zero-order valence-corrected chi connectivity index (χ0v) is 15.7. The molecule has 0 aromatic heterocycles. The van der Waals surface area contributed by atoms with Crippen molar-refractivity contribution in [2.24, 2.45) is 0 Å². The number of urea groups is 1. The second-order valence-electron chi connectivity index (χ2n) is 7.19. The molecule has 142 valence electrons. The maximum Gasteiger partial charge on any atom is 0.315 e. The summed E-state index contributed by atoms with van der Waals surface area (Å²) in [6, 6.07) is 7.44. The molecule has 1 aromatic rings. The smallest absolute Gasteiger partial charge is 0.315 e. The fourth-order valence-corrected chi connectivity index (χ4v) is 3.72. The van der Waals surface area contributed by atoms with E-state index in [2.05, 4.69) is 15.5 Å². The second-order valence-corrected chi connectivity index (χ2v) is 7.19. The fraction of sp³-hybridized carbons (Fsp3) is 0.579. The van der Waals surface area contributed by atoms with Crippen molar-refractivity contribution >= 4 is 17.6 Å². The van der Waals surface area contributed by atoms with E-state index in [9.17, 15) is 9.59 Å². The largest absolute Gasteiger partial charge is 0.495 e. The normalized spacial score (nSPS) is 22.8. The summed E-state index contributed by atoms with van der Waals surface area (Å²) in [7, 11) is 1.66. The first-order chi connectivity index (χ1) is 12.5. The van der Waals surface area contributed by atoms with Gasteiger partial charge >= 0.3 is 6.03 Å². The Balaban J connectivity index is 1.51.